The van der Waals surface area contributed by atoms with Gasteiger partial charge in [-0.3, -0.25) is 0 Å². The Labute approximate surface area is 155 Å². The molecule has 0 unspecified atom stereocenters. The summed E-state index contributed by atoms with van der Waals surface area (Å²) >= 11 is 0. The molecule has 0 amide bonds. The zero-order valence-electron chi connectivity index (χ0n) is 15.6. The maximum absolute atomic E-state index is 13.9. The molecule has 1 fully saturated rings. The first-order valence-electron chi connectivity index (χ1n) is 9.55. The smallest absolute Gasteiger partial charge is 0.191 e. The number of nitrogens with zero attached hydrogens (tertiary/aromatic N) is 2. The summed E-state index contributed by atoms with van der Waals surface area (Å²) in [5.74, 6) is 0.237. The van der Waals surface area contributed by atoms with Crippen LogP contribution in [0.3, 0.4) is 0 Å². The Morgan fingerprint density at radius 3 is 2.69 bits per heavy atom. The number of guanidine groups is 1. The zero-order valence-corrected chi connectivity index (χ0v) is 15.6. The number of aliphatic imine (C=N–C) groups is 1. The fraction of sp³-hybridized carbons (Fsp3) is 0.600. The van der Waals surface area contributed by atoms with E-state index in [0.29, 0.717) is 36.3 Å². The molecule has 26 heavy (non-hydrogen) atoms. The predicted molar refractivity (Wildman–Crippen MR) is 101 cm³/mol. The van der Waals surface area contributed by atoms with E-state index >= 15 is 0 Å². The van der Waals surface area contributed by atoms with Gasteiger partial charge in [-0.1, -0.05) is 31.7 Å². The lowest BCUT2D eigenvalue weighted by Gasteiger charge is -2.16. The summed E-state index contributed by atoms with van der Waals surface area (Å²) in [5.41, 5.74) is 0.784. The molecule has 2 N–H and O–H groups in total. The highest BCUT2D eigenvalue weighted by Gasteiger charge is 2.12. The molecule has 1 aliphatic carbocycles. The fourth-order valence-corrected chi connectivity index (χ4v) is 3.05. The normalized spacial score (nSPS) is 16.0. The Kier molecular flexibility index (Phi) is 8.91. The van der Waals surface area contributed by atoms with E-state index in [2.05, 4.69) is 15.6 Å². The Hall–Kier alpha value is -2.13. The first-order chi connectivity index (χ1) is 12.7. The van der Waals surface area contributed by atoms with Gasteiger partial charge in [0.15, 0.2) is 5.96 Å². The number of rotatable bonds is 7. The number of nitrogens with one attached hydrogen (secondary N) is 2. The number of nitriles is 1. The van der Waals surface area contributed by atoms with E-state index in [0.717, 1.165) is 19.4 Å². The molecule has 1 saturated carbocycles. The van der Waals surface area contributed by atoms with Gasteiger partial charge >= 0.3 is 0 Å². The molecule has 0 aliphatic heterocycles. The lowest BCUT2D eigenvalue weighted by Crippen LogP contribution is -2.39. The summed E-state index contributed by atoms with van der Waals surface area (Å²) in [4.78, 5) is 4.42. The molecule has 142 valence electrons. The van der Waals surface area contributed by atoms with Crippen LogP contribution in [0.25, 0.3) is 0 Å². The predicted octanol–water partition coefficient (Wildman–Crippen LogP) is 3.49. The molecule has 0 atom stereocenters. The van der Waals surface area contributed by atoms with Crippen molar-refractivity contribution >= 4 is 5.96 Å². The topological polar surface area (TPSA) is 69.4 Å². The summed E-state index contributed by atoms with van der Waals surface area (Å²) in [5, 5.41) is 15.2. The van der Waals surface area contributed by atoms with Crippen LogP contribution in [0, 0.1) is 17.1 Å². The second-order valence-electron chi connectivity index (χ2n) is 6.52. The first kappa shape index (κ1) is 20.2. The molecular weight excluding hydrogens is 331 g/mol. The Morgan fingerprint density at radius 1 is 1.27 bits per heavy atom. The van der Waals surface area contributed by atoms with Crippen LogP contribution in [0.5, 0.6) is 0 Å². The van der Waals surface area contributed by atoms with Crippen molar-refractivity contribution in [3.8, 4) is 6.07 Å². The van der Waals surface area contributed by atoms with Crippen LogP contribution in [-0.2, 0) is 11.3 Å². The SMILES string of the molecule is CCNC(=NCc1ccc(C#N)cc1F)NCCOC1CCCCCC1. The van der Waals surface area contributed by atoms with Crippen LogP contribution in [-0.4, -0.2) is 31.8 Å². The number of halogens is 1. The number of hydrogen-bond donors (Lipinski definition) is 2. The third-order valence-corrected chi connectivity index (χ3v) is 4.48. The second-order valence-corrected chi connectivity index (χ2v) is 6.52. The molecule has 0 bridgehead atoms. The first-order valence-corrected chi connectivity index (χ1v) is 9.55. The molecule has 6 heteroatoms. The summed E-state index contributed by atoms with van der Waals surface area (Å²) in [6, 6.07) is 6.39. The summed E-state index contributed by atoms with van der Waals surface area (Å²) < 4.78 is 19.9. The second kappa shape index (κ2) is 11.5. The average molecular weight is 360 g/mol. The van der Waals surface area contributed by atoms with Gasteiger partial charge in [0.2, 0.25) is 0 Å². The van der Waals surface area contributed by atoms with Crippen LogP contribution < -0.4 is 10.6 Å². The van der Waals surface area contributed by atoms with Crippen LogP contribution in [0.15, 0.2) is 23.2 Å². The van der Waals surface area contributed by atoms with Gasteiger partial charge < -0.3 is 15.4 Å². The standard InChI is InChI=1S/C20H29FN4O/c1-2-23-20(24-11-12-26-18-7-5-3-4-6-8-18)25-15-17-10-9-16(14-22)13-19(17)21/h9-10,13,18H,2-8,11-12,15H2,1H3,(H2,23,24,25). The molecule has 2 rings (SSSR count). The molecule has 0 spiro atoms. The van der Waals surface area contributed by atoms with E-state index in [1.54, 1.807) is 12.1 Å². The quantitative estimate of drug-likeness (QED) is 0.338. The maximum Gasteiger partial charge on any atom is 0.191 e. The molecule has 0 saturated heterocycles. The van der Waals surface area contributed by atoms with Crippen molar-refractivity contribution in [1.82, 2.24) is 10.6 Å². The van der Waals surface area contributed by atoms with E-state index in [1.165, 1.54) is 31.7 Å². The van der Waals surface area contributed by atoms with E-state index < -0.39 is 5.82 Å². The lowest BCUT2D eigenvalue weighted by atomic mass is 10.1. The van der Waals surface area contributed by atoms with Gasteiger partial charge in [0, 0.05) is 18.7 Å². The van der Waals surface area contributed by atoms with E-state index in [-0.39, 0.29) is 6.54 Å². The molecule has 1 aliphatic rings. The minimum atomic E-state index is -0.402. The molecule has 1 aromatic rings. The van der Waals surface area contributed by atoms with Crippen LogP contribution in [0.2, 0.25) is 0 Å². The number of ether oxygens (including phenoxy) is 1. The molecule has 5 nitrogen and oxygen atoms in total. The Balaban J connectivity index is 1.79. The van der Waals surface area contributed by atoms with Gasteiger partial charge in [-0.15, -0.1) is 0 Å². The van der Waals surface area contributed by atoms with Crippen molar-refractivity contribution in [1.29, 1.82) is 5.26 Å². The van der Waals surface area contributed by atoms with Crippen LogP contribution in [0.1, 0.15) is 56.6 Å². The highest BCUT2D eigenvalue weighted by molar-refractivity contribution is 5.79. The van der Waals surface area contributed by atoms with Gasteiger partial charge in [0.1, 0.15) is 5.82 Å². The molecular formula is C20H29FN4O. The van der Waals surface area contributed by atoms with E-state index in [9.17, 15) is 4.39 Å². The molecule has 0 heterocycles. The molecule has 1 aromatic carbocycles. The summed E-state index contributed by atoms with van der Waals surface area (Å²) in [6.45, 7) is 4.24. The van der Waals surface area contributed by atoms with Crippen molar-refractivity contribution in [2.45, 2.75) is 58.1 Å². The van der Waals surface area contributed by atoms with Crippen molar-refractivity contribution in [3.05, 3.63) is 35.1 Å². The van der Waals surface area contributed by atoms with Crippen LogP contribution in [0.4, 0.5) is 4.39 Å². The maximum atomic E-state index is 13.9. The highest BCUT2D eigenvalue weighted by atomic mass is 19.1. The minimum Gasteiger partial charge on any atom is -0.376 e. The van der Waals surface area contributed by atoms with Gasteiger partial charge in [0.25, 0.3) is 0 Å². The number of hydrogen-bond acceptors (Lipinski definition) is 3. The third kappa shape index (κ3) is 7.01. The largest absolute Gasteiger partial charge is 0.376 e. The molecule has 0 radical (unpaired) electrons. The van der Waals surface area contributed by atoms with Crippen molar-refractivity contribution < 1.29 is 9.13 Å². The van der Waals surface area contributed by atoms with E-state index in [1.807, 2.05) is 13.0 Å². The van der Waals surface area contributed by atoms with Crippen molar-refractivity contribution in [2.75, 3.05) is 19.7 Å². The van der Waals surface area contributed by atoms with E-state index in [4.69, 9.17) is 10.00 Å². The van der Waals surface area contributed by atoms with Gasteiger partial charge in [-0.25, -0.2) is 9.38 Å². The molecule has 0 aromatic heterocycles. The zero-order chi connectivity index (χ0) is 18.6. The fourth-order valence-electron chi connectivity index (χ4n) is 3.05. The summed E-state index contributed by atoms with van der Waals surface area (Å²) in [7, 11) is 0. The van der Waals surface area contributed by atoms with Gasteiger partial charge in [-0.05, 0) is 31.9 Å². The highest BCUT2D eigenvalue weighted by Crippen LogP contribution is 2.19. The summed E-state index contributed by atoms with van der Waals surface area (Å²) in [6.07, 6.45) is 7.86. The monoisotopic (exact) mass is 360 g/mol. The minimum absolute atomic E-state index is 0.219. The van der Waals surface area contributed by atoms with Gasteiger partial charge in [-0.2, -0.15) is 5.26 Å². The third-order valence-electron chi connectivity index (χ3n) is 4.48. The van der Waals surface area contributed by atoms with Crippen molar-refractivity contribution in [3.63, 3.8) is 0 Å². The van der Waals surface area contributed by atoms with Gasteiger partial charge in [0.05, 0.1) is 30.9 Å². The number of benzene rings is 1. The lowest BCUT2D eigenvalue weighted by molar-refractivity contribution is 0.0468. The Bertz CT molecular complexity index is 619. The Morgan fingerprint density at radius 2 is 2.04 bits per heavy atom. The van der Waals surface area contributed by atoms with Crippen molar-refractivity contribution in [2.24, 2.45) is 4.99 Å². The van der Waals surface area contributed by atoms with Crippen LogP contribution >= 0.6 is 0 Å². The average Bonchev–Trinajstić information content (AvgIpc) is 2.92.